The smallest absolute Gasteiger partial charge is 0.264 e. The zero-order chi connectivity index (χ0) is 29.6. The number of benzene rings is 3. The average Bonchev–Trinajstić information content (AvgIpc) is 3.48. The molecule has 4 rings (SSSR count). The zero-order valence-electron chi connectivity index (χ0n) is 23.5. The van der Waals surface area contributed by atoms with E-state index >= 15 is 0 Å². The standard InChI is InChI=1S/C31H36ClN3O4S2/c1-22-8-14-27(15-9-22)35(41(38,39)29-18-16-28(40-3)17-19-29)21-30(36)34(20-24-10-12-25(32)13-11-24)23(2)31(37)33-26-6-4-5-7-26/h8-19,23,26H,4-7,20-21H2,1-3H3,(H,33,37)/t23-/m1/s1. The van der Waals surface area contributed by atoms with Crippen molar-refractivity contribution in [2.45, 2.75) is 68.0 Å². The highest BCUT2D eigenvalue weighted by atomic mass is 35.5. The van der Waals surface area contributed by atoms with Gasteiger partial charge in [0, 0.05) is 22.5 Å². The van der Waals surface area contributed by atoms with Crippen LogP contribution in [0.4, 0.5) is 5.69 Å². The molecular weight excluding hydrogens is 578 g/mol. The summed E-state index contributed by atoms with van der Waals surface area (Å²) in [7, 11) is -4.11. The van der Waals surface area contributed by atoms with Gasteiger partial charge in [-0.1, -0.05) is 54.3 Å². The van der Waals surface area contributed by atoms with Gasteiger partial charge < -0.3 is 10.2 Å². The molecule has 0 spiro atoms. The molecule has 1 aliphatic rings. The van der Waals surface area contributed by atoms with Crippen LogP contribution in [0, 0.1) is 6.92 Å². The number of halogens is 1. The zero-order valence-corrected chi connectivity index (χ0v) is 25.9. The normalized spacial score (nSPS) is 14.4. The lowest BCUT2D eigenvalue weighted by atomic mass is 10.1. The maximum absolute atomic E-state index is 14.0. The Bertz CT molecular complexity index is 1440. The largest absolute Gasteiger partial charge is 0.352 e. The van der Waals surface area contributed by atoms with E-state index in [0.717, 1.165) is 46.0 Å². The molecule has 0 unspecified atom stereocenters. The Hall–Kier alpha value is -3.01. The summed E-state index contributed by atoms with van der Waals surface area (Å²) in [5.74, 6) is -0.740. The van der Waals surface area contributed by atoms with E-state index in [4.69, 9.17) is 11.6 Å². The molecule has 0 saturated heterocycles. The van der Waals surface area contributed by atoms with Crippen molar-refractivity contribution in [1.29, 1.82) is 0 Å². The van der Waals surface area contributed by atoms with Crippen LogP contribution in [0.5, 0.6) is 0 Å². The minimum atomic E-state index is -4.11. The second kappa shape index (κ2) is 13.8. The van der Waals surface area contributed by atoms with Crippen molar-refractivity contribution in [3.05, 3.63) is 88.9 Å². The predicted octanol–water partition coefficient (Wildman–Crippen LogP) is 6.04. The fourth-order valence-corrected chi connectivity index (χ4v) is 6.82. The van der Waals surface area contributed by atoms with Crippen molar-refractivity contribution in [2.75, 3.05) is 17.1 Å². The number of carbonyl (C=O) groups excluding carboxylic acids is 2. The molecule has 1 fully saturated rings. The highest BCUT2D eigenvalue weighted by Gasteiger charge is 2.33. The lowest BCUT2D eigenvalue weighted by Gasteiger charge is -2.32. The Balaban J connectivity index is 1.67. The van der Waals surface area contributed by atoms with E-state index in [0.29, 0.717) is 10.7 Å². The van der Waals surface area contributed by atoms with Gasteiger partial charge in [0.2, 0.25) is 11.8 Å². The molecule has 0 aliphatic heterocycles. The van der Waals surface area contributed by atoms with Crippen LogP contribution in [0.15, 0.2) is 82.6 Å². The first kappa shape index (κ1) is 30.9. The Labute approximate surface area is 252 Å². The summed E-state index contributed by atoms with van der Waals surface area (Å²) in [6.45, 7) is 3.25. The van der Waals surface area contributed by atoms with Gasteiger partial charge in [-0.25, -0.2) is 8.42 Å². The maximum atomic E-state index is 14.0. The molecule has 3 aromatic rings. The molecule has 7 nitrogen and oxygen atoms in total. The second-order valence-corrected chi connectivity index (χ2v) is 13.5. The van der Waals surface area contributed by atoms with E-state index in [1.165, 1.54) is 16.7 Å². The quantitative estimate of drug-likeness (QED) is 0.266. The molecule has 0 radical (unpaired) electrons. The Morgan fingerprint density at radius 2 is 1.59 bits per heavy atom. The second-order valence-electron chi connectivity index (χ2n) is 10.3. The van der Waals surface area contributed by atoms with Crippen LogP contribution in [0.25, 0.3) is 0 Å². The van der Waals surface area contributed by atoms with Crippen LogP contribution in [0.3, 0.4) is 0 Å². The van der Waals surface area contributed by atoms with Gasteiger partial charge in [-0.2, -0.15) is 0 Å². The van der Waals surface area contributed by atoms with Crippen LogP contribution >= 0.6 is 23.4 Å². The van der Waals surface area contributed by atoms with Gasteiger partial charge in [-0.05, 0) is 87.0 Å². The topological polar surface area (TPSA) is 86.8 Å². The molecule has 0 bridgehead atoms. The van der Waals surface area contributed by atoms with E-state index < -0.39 is 28.5 Å². The summed E-state index contributed by atoms with van der Waals surface area (Å²) < 4.78 is 29.0. The van der Waals surface area contributed by atoms with Gasteiger partial charge in [0.25, 0.3) is 10.0 Å². The third-order valence-electron chi connectivity index (χ3n) is 7.38. The van der Waals surface area contributed by atoms with Crippen molar-refractivity contribution in [2.24, 2.45) is 0 Å². The van der Waals surface area contributed by atoms with Gasteiger partial charge in [-0.3, -0.25) is 13.9 Å². The number of aryl methyl sites for hydroxylation is 1. The molecule has 1 saturated carbocycles. The summed E-state index contributed by atoms with van der Waals surface area (Å²) >= 11 is 7.59. The lowest BCUT2D eigenvalue weighted by Crippen LogP contribution is -2.52. The maximum Gasteiger partial charge on any atom is 0.264 e. The molecule has 0 aromatic heterocycles. The first-order chi connectivity index (χ1) is 19.6. The number of rotatable bonds is 11. The lowest BCUT2D eigenvalue weighted by molar-refractivity contribution is -0.139. The van der Waals surface area contributed by atoms with Crippen molar-refractivity contribution in [3.63, 3.8) is 0 Å². The first-order valence-electron chi connectivity index (χ1n) is 13.7. The average molecular weight is 614 g/mol. The van der Waals surface area contributed by atoms with Crippen LogP contribution in [0.2, 0.25) is 5.02 Å². The van der Waals surface area contributed by atoms with Crippen LogP contribution < -0.4 is 9.62 Å². The van der Waals surface area contributed by atoms with Gasteiger partial charge in [0.1, 0.15) is 12.6 Å². The summed E-state index contributed by atoms with van der Waals surface area (Å²) in [5, 5.41) is 3.64. The SMILES string of the molecule is CSc1ccc(S(=O)(=O)N(CC(=O)N(Cc2ccc(Cl)cc2)[C@H](C)C(=O)NC2CCCC2)c2ccc(C)cc2)cc1. The van der Waals surface area contributed by atoms with E-state index in [-0.39, 0.29) is 23.4 Å². The molecule has 10 heteroatoms. The highest BCUT2D eigenvalue weighted by molar-refractivity contribution is 7.98. The van der Waals surface area contributed by atoms with Crippen LogP contribution in [0.1, 0.15) is 43.7 Å². The number of anilines is 1. The summed E-state index contributed by atoms with van der Waals surface area (Å²) in [6.07, 6.45) is 5.87. The van der Waals surface area contributed by atoms with Crippen molar-refractivity contribution in [1.82, 2.24) is 10.2 Å². The van der Waals surface area contributed by atoms with Crippen molar-refractivity contribution in [3.8, 4) is 0 Å². The Morgan fingerprint density at radius 1 is 0.976 bits per heavy atom. The molecule has 3 aromatic carbocycles. The van der Waals surface area contributed by atoms with Crippen LogP contribution in [-0.4, -0.2) is 50.0 Å². The Kier molecular flexibility index (Phi) is 10.4. The monoisotopic (exact) mass is 613 g/mol. The van der Waals surface area contributed by atoms with Gasteiger partial charge >= 0.3 is 0 Å². The molecule has 1 N–H and O–H groups in total. The molecule has 1 aliphatic carbocycles. The summed E-state index contributed by atoms with van der Waals surface area (Å²) in [5.41, 5.74) is 2.11. The van der Waals surface area contributed by atoms with E-state index in [2.05, 4.69) is 5.32 Å². The predicted molar refractivity (Wildman–Crippen MR) is 166 cm³/mol. The van der Waals surface area contributed by atoms with E-state index in [1.807, 2.05) is 25.3 Å². The minimum absolute atomic E-state index is 0.0833. The van der Waals surface area contributed by atoms with Crippen molar-refractivity contribution < 1.29 is 18.0 Å². The number of sulfonamides is 1. The first-order valence-corrected chi connectivity index (χ1v) is 16.7. The highest BCUT2D eigenvalue weighted by Crippen LogP contribution is 2.27. The number of nitrogens with one attached hydrogen (secondary N) is 1. The van der Waals surface area contributed by atoms with Gasteiger partial charge in [0.15, 0.2) is 0 Å². The number of thioether (sulfide) groups is 1. The van der Waals surface area contributed by atoms with Crippen molar-refractivity contribution >= 4 is 50.9 Å². The molecule has 0 heterocycles. The summed E-state index contributed by atoms with van der Waals surface area (Å²) in [4.78, 5) is 29.8. The van der Waals surface area contributed by atoms with Gasteiger partial charge in [-0.15, -0.1) is 11.8 Å². The van der Waals surface area contributed by atoms with E-state index in [1.54, 1.807) is 67.6 Å². The third kappa shape index (κ3) is 7.84. The van der Waals surface area contributed by atoms with Gasteiger partial charge in [0.05, 0.1) is 10.6 Å². The molecule has 2 amide bonds. The number of nitrogens with zero attached hydrogens (tertiary/aromatic N) is 2. The number of hydrogen-bond acceptors (Lipinski definition) is 5. The molecular formula is C31H36ClN3O4S2. The molecule has 41 heavy (non-hydrogen) atoms. The summed E-state index contributed by atoms with van der Waals surface area (Å²) in [6, 6.07) is 19.9. The Morgan fingerprint density at radius 3 is 2.17 bits per heavy atom. The van der Waals surface area contributed by atoms with Crippen LogP contribution in [-0.2, 0) is 26.2 Å². The fraction of sp³-hybridized carbons (Fsp3) is 0.355. The molecule has 218 valence electrons. The number of hydrogen-bond donors (Lipinski definition) is 1. The number of amides is 2. The molecule has 1 atom stereocenters. The third-order valence-corrected chi connectivity index (χ3v) is 10.2. The number of carbonyl (C=O) groups is 2. The minimum Gasteiger partial charge on any atom is -0.352 e. The fourth-order valence-electron chi connectivity index (χ4n) is 4.88. The van der Waals surface area contributed by atoms with E-state index in [9.17, 15) is 18.0 Å².